The number of aliphatic hydroxyl groups is 1. The zero-order valence-corrected chi connectivity index (χ0v) is 39.2. The average Bonchev–Trinajstić information content (AvgIpc) is 4.02. The van der Waals surface area contributed by atoms with E-state index in [-0.39, 0.29) is 17.4 Å². The van der Waals surface area contributed by atoms with Gasteiger partial charge >= 0.3 is 12.4 Å². The smallest absolute Gasteiger partial charge is 0.396 e. The van der Waals surface area contributed by atoms with Gasteiger partial charge in [-0.3, -0.25) is 9.61 Å². The molecule has 1 aromatic heterocycles. The number of amidine groups is 1. The third-order valence-corrected chi connectivity index (χ3v) is 12.6. The Balaban J connectivity index is 0.000000151. The van der Waals surface area contributed by atoms with Crippen molar-refractivity contribution in [3.63, 3.8) is 0 Å². The summed E-state index contributed by atoms with van der Waals surface area (Å²) in [5, 5.41) is 25.0. The number of aromatic nitrogens is 4. The molecule has 0 unspecified atom stereocenters. The van der Waals surface area contributed by atoms with E-state index in [9.17, 15) is 34.8 Å². The number of nitrogens with one attached hydrogen (secondary N) is 3. The number of hydrazine groups is 2. The normalized spacial score (nSPS) is 15.9. The fraction of sp³-hybridized carbons (Fsp3) is 0.347. The van der Waals surface area contributed by atoms with Crippen molar-refractivity contribution in [2.75, 3.05) is 52.9 Å². The molecule has 5 heterocycles. The van der Waals surface area contributed by atoms with Crippen molar-refractivity contribution >= 4 is 16.0 Å². The molecule has 4 aliphatic heterocycles. The number of hydrazone groups is 1. The fourth-order valence-corrected chi connectivity index (χ4v) is 7.94. The first-order valence-electron chi connectivity index (χ1n) is 22.4. The van der Waals surface area contributed by atoms with E-state index in [1.807, 2.05) is 55.5 Å². The van der Waals surface area contributed by atoms with Gasteiger partial charge in [0, 0.05) is 28.9 Å². The van der Waals surface area contributed by atoms with Crippen molar-refractivity contribution in [3.8, 4) is 11.4 Å². The van der Waals surface area contributed by atoms with E-state index < -0.39 is 33.6 Å². The first-order chi connectivity index (χ1) is 34.0. The van der Waals surface area contributed by atoms with Gasteiger partial charge in [0.05, 0.1) is 75.4 Å². The number of rotatable bonds is 13. The molecule has 4 aliphatic rings. The van der Waals surface area contributed by atoms with Gasteiger partial charge in [0.25, 0.3) is 10.1 Å². The maximum Gasteiger partial charge on any atom is 0.416 e. The molecule has 0 spiro atoms. The van der Waals surface area contributed by atoms with Crippen LogP contribution >= 0.6 is 0 Å². The van der Waals surface area contributed by atoms with Crippen molar-refractivity contribution in [2.24, 2.45) is 22.9 Å². The van der Waals surface area contributed by atoms with Crippen molar-refractivity contribution < 1.29 is 58.3 Å². The zero-order chi connectivity index (χ0) is 50.4. The van der Waals surface area contributed by atoms with E-state index in [2.05, 4.69) is 37.0 Å². The number of hydrogen-bond acceptors (Lipinski definition) is 14. The van der Waals surface area contributed by atoms with Crippen molar-refractivity contribution in [3.05, 3.63) is 166 Å². The highest BCUT2D eigenvalue weighted by Crippen LogP contribution is 2.31. The monoisotopic (exact) mass is 1010 g/mol. The Kier molecular flexibility index (Phi) is 17.9. The number of hydrogen-bond donors (Lipinski definition) is 4. The van der Waals surface area contributed by atoms with Crippen LogP contribution < -0.4 is 16.5 Å². The summed E-state index contributed by atoms with van der Waals surface area (Å²) in [7, 11) is -3.60. The third kappa shape index (κ3) is 15.4. The molecule has 22 heteroatoms. The van der Waals surface area contributed by atoms with Crippen LogP contribution in [-0.4, -0.2) is 92.4 Å². The lowest BCUT2D eigenvalue weighted by Crippen LogP contribution is -2.35. The average molecular weight is 1010 g/mol. The molecule has 10 rings (SSSR count). The lowest BCUT2D eigenvalue weighted by molar-refractivity contribution is -0.138. The minimum Gasteiger partial charge on any atom is -0.396 e. The van der Waals surface area contributed by atoms with Gasteiger partial charge in [-0.05, 0) is 83.6 Å². The minimum absolute atomic E-state index is 0.205. The minimum atomic E-state index is -4.33. The molecular formula is C49H52F6N8O7S. The second-order valence-corrected chi connectivity index (χ2v) is 18.6. The number of alkyl halides is 6. The Morgan fingerprint density at radius 1 is 0.676 bits per heavy atom. The van der Waals surface area contributed by atoms with Gasteiger partial charge in [-0.2, -0.15) is 39.6 Å². The summed E-state index contributed by atoms with van der Waals surface area (Å²) in [5.74, 6) is 2.22. The van der Waals surface area contributed by atoms with Crippen LogP contribution in [0.3, 0.4) is 0 Å². The second-order valence-electron chi connectivity index (χ2n) is 17.0. The zero-order valence-electron chi connectivity index (χ0n) is 38.4. The van der Waals surface area contributed by atoms with Gasteiger partial charge < -0.3 is 19.3 Å². The first kappa shape index (κ1) is 52.6. The highest BCUT2D eigenvalue weighted by molar-refractivity contribution is 7.86. The molecule has 0 aliphatic carbocycles. The van der Waals surface area contributed by atoms with Crippen LogP contribution in [0.15, 0.2) is 131 Å². The molecule has 0 radical (unpaired) electrons. The molecule has 6 aromatic rings. The molecule has 15 nitrogen and oxygen atoms in total. The molecule has 3 fully saturated rings. The fourth-order valence-electron chi connectivity index (χ4n) is 6.97. The highest BCUT2D eigenvalue weighted by Gasteiger charge is 2.31. The molecule has 0 amide bonds. The van der Waals surface area contributed by atoms with Gasteiger partial charge in [-0.25, -0.2) is 5.53 Å². The van der Waals surface area contributed by atoms with Crippen LogP contribution in [0.2, 0.25) is 0 Å². The third-order valence-electron chi connectivity index (χ3n) is 11.3. The standard InChI is InChI=1S/C19H17F3N4O.C15H13F3N4.C11H14O4S.C4H8O2/c20-19(21,22)16-7-5-13(6-8-16)9-15-3-1-2-4-17(15)18-23-25-26(24-18)10-14-11-27-12-14;16-15(17,18)12-7-5-10(6-8-12)9-11-3-1-2-4-13(11)14-19-21-22-20-14;1-9-2-4-11(5-3-9)16(12,13)15-8-10-6-14-7-10;5-1-4-2-6-3-4/h1-8,14H,9-12H2;1-8,21-22H,9H2,(H,19,20);2-5,10H,6-8H2,1H3;4-5H,1-3H2. The van der Waals surface area contributed by atoms with E-state index in [1.54, 1.807) is 29.1 Å². The summed E-state index contributed by atoms with van der Waals surface area (Å²) in [6, 6.07) is 32.2. The Hall–Kier alpha value is -6.27. The highest BCUT2D eigenvalue weighted by atomic mass is 32.2. The number of benzene rings is 5. The molecule has 5 aromatic carbocycles. The number of tetrazole rings is 1. The van der Waals surface area contributed by atoms with Crippen LogP contribution in [0, 0.1) is 24.7 Å². The van der Waals surface area contributed by atoms with Gasteiger partial charge in [0.15, 0.2) is 5.84 Å². The number of nitrogens with zero attached hydrogens (tertiary/aromatic N) is 5. The predicted octanol–water partition coefficient (Wildman–Crippen LogP) is 7.14. The summed E-state index contributed by atoms with van der Waals surface area (Å²) in [5.41, 5.74) is 13.1. The lowest BCUT2D eigenvalue weighted by Gasteiger charge is -2.25. The van der Waals surface area contributed by atoms with Crippen LogP contribution in [0.1, 0.15) is 44.5 Å². The Labute approximate surface area is 406 Å². The van der Waals surface area contributed by atoms with Crippen LogP contribution in [0.4, 0.5) is 26.3 Å². The molecule has 3 saturated heterocycles. The Morgan fingerprint density at radius 2 is 1.18 bits per heavy atom. The molecular weight excluding hydrogens is 959 g/mol. The van der Waals surface area contributed by atoms with Crippen LogP contribution in [0.5, 0.6) is 0 Å². The van der Waals surface area contributed by atoms with E-state index >= 15 is 0 Å². The quantitative estimate of drug-likeness (QED) is 0.0678. The molecule has 0 atom stereocenters. The predicted molar refractivity (Wildman–Crippen MR) is 248 cm³/mol. The first-order valence-corrected chi connectivity index (χ1v) is 23.9. The van der Waals surface area contributed by atoms with E-state index in [4.69, 9.17) is 23.5 Å². The number of aryl methyl sites for hydroxylation is 1. The van der Waals surface area contributed by atoms with E-state index in [1.165, 1.54) is 24.3 Å². The van der Waals surface area contributed by atoms with Gasteiger partial charge in [-0.15, -0.1) is 20.8 Å². The van der Waals surface area contributed by atoms with Crippen molar-refractivity contribution in [2.45, 2.75) is 43.6 Å². The molecule has 0 bridgehead atoms. The largest absolute Gasteiger partial charge is 0.416 e. The van der Waals surface area contributed by atoms with Gasteiger partial charge in [0.1, 0.15) is 0 Å². The number of aliphatic hydroxyl groups excluding tert-OH is 1. The van der Waals surface area contributed by atoms with E-state index in [0.717, 1.165) is 76.4 Å². The molecule has 378 valence electrons. The van der Waals surface area contributed by atoms with E-state index in [0.29, 0.717) is 75.9 Å². The molecule has 4 N–H and O–H groups in total. The summed E-state index contributed by atoms with van der Waals surface area (Å²) >= 11 is 0. The number of ether oxygens (including phenoxy) is 3. The second kappa shape index (κ2) is 24.2. The lowest BCUT2D eigenvalue weighted by atomic mass is 9.98. The Bertz CT molecular complexity index is 2760. The summed E-state index contributed by atoms with van der Waals surface area (Å²) in [6.07, 6.45) is -7.63. The Morgan fingerprint density at radius 3 is 1.63 bits per heavy atom. The maximum atomic E-state index is 12.7. The van der Waals surface area contributed by atoms with Gasteiger partial charge in [-0.1, -0.05) is 90.5 Å². The summed E-state index contributed by atoms with van der Waals surface area (Å²) in [6.45, 7) is 7.18. The van der Waals surface area contributed by atoms with Crippen LogP contribution in [0.25, 0.3) is 11.4 Å². The number of halogens is 6. The summed E-state index contributed by atoms with van der Waals surface area (Å²) < 4.78 is 119. The topological polar surface area (TPSA) is 183 Å². The molecule has 71 heavy (non-hydrogen) atoms. The van der Waals surface area contributed by atoms with Crippen molar-refractivity contribution in [1.82, 2.24) is 36.7 Å². The molecule has 0 saturated carbocycles. The van der Waals surface area contributed by atoms with Gasteiger partial charge in [0.2, 0.25) is 5.82 Å². The summed E-state index contributed by atoms with van der Waals surface area (Å²) in [4.78, 5) is 1.77. The van der Waals surface area contributed by atoms with Crippen LogP contribution in [-0.2, 0) is 60.3 Å². The maximum absolute atomic E-state index is 12.7. The SMILES string of the molecule is Cc1ccc(S(=O)(=O)OCC2COC2)cc1.FC(F)(F)c1ccc(Cc2ccccc2-c2nnn(CC3COC3)n2)cc1.FC(F)(F)c1ccc(Cc2ccccc2C2=NNNN2)cc1.OCC1COC1. The van der Waals surface area contributed by atoms with Crippen molar-refractivity contribution in [1.29, 1.82) is 0 Å².